The van der Waals surface area contributed by atoms with Gasteiger partial charge in [0.05, 0.1) is 14.2 Å². The zero-order valence-electron chi connectivity index (χ0n) is 18.2. The first kappa shape index (κ1) is 30.7. The monoisotopic (exact) mass is 606 g/mol. The fraction of sp³-hybridized carbons (Fsp3) is 0.143. The van der Waals surface area contributed by atoms with Gasteiger partial charge < -0.3 is 23.9 Å². The number of aromatic hydroxyl groups is 2. The Morgan fingerprint density at radius 3 is 1.58 bits per heavy atom. The van der Waals surface area contributed by atoms with Crippen molar-refractivity contribution in [2.75, 3.05) is 14.2 Å². The fourth-order valence-electron chi connectivity index (χ4n) is 1.94. The molecule has 0 radical (unpaired) electrons. The fourth-order valence-corrected chi connectivity index (χ4v) is 2.74. The molecule has 0 aliphatic rings. The molecule has 0 aliphatic carbocycles. The Morgan fingerprint density at radius 2 is 1.19 bits per heavy atom. The Hall–Kier alpha value is -3.33. The van der Waals surface area contributed by atoms with Gasteiger partial charge in [0.15, 0.2) is 34.7 Å². The minimum absolute atomic E-state index is 0.0132. The summed E-state index contributed by atoms with van der Waals surface area (Å²) in [5.74, 6) is -3.88. The third-order valence-electron chi connectivity index (χ3n) is 3.69. The van der Waals surface area contributed by atoms with E-state index in [2.05, 4.69) is 24.8 Å². The first-order valence-corrected chi connectivity index (χ1v) is 11.3. The van der Waals surface area contributed by atoms with Crippen LogP contribution in [-0.2, 0) is 10.1 Å². The lowest BCUT2D eigenvalue weighted by molar-refractivity contribution is -0.0500. The molecule has 0 saturated carbocycles. The van der Waals surface area contributed by atoms with Crippen molar-refractivity contribution >= 4 is 26.0 Å². The molecule has 0 aliphatic heterocycles. The number of phenolic OH excluding ortho intramolecular Hbond substituents is 2. The highest BCUT2D eigenvalue weighted by atomic mass is 79.9. The quantitative estimate of drug-likeness (QED) is 0.217. The average Bonchev–Trinajstić information content (AvgIpc) is 2.79. The molecule has 2 N–H and O–H groups in total. The van der Waals surface area contributed by atoms with Crippen LogP contribution in [0, 0.1) is 17.5 Å². The summed E-state index contributed by atoms with van der Waals surface area (Å²) in [5.41, 5.74) is -5.61. The molecular weight excluding hydrogens is 590 g/mol. The van der Waals surface area contributed by atoms with Crippen molar-refractivity contribution in [2.24, 2.45) is 0 Å². The number of methoxy groups -OCH3 is 2. The molecule has 3 aromatic carbocycles. The van der Waals surface area contributed by atoms with E-state index in [4.69, 9.17) is 14.9 Å². The number of ether oxygens (including phenoxy) is 2. The van der Waals surface area contributed by atoms with E-state index >= 15 is 0 Å². The maximum atomic E-state index is 13.1. The molecule has 3 rings (SSSR count). The molecule has 0 atom stereocenters. The van der Waals surface area contributed by atoms with Crippen LogP contribution < -0.4 is 13.7 Å². The van der Waals surface area contributed by atoms with Crippen LogP contribution >= 0.6 is 15.9 Å². The number of hydrogen-bond donors (Lipinski definition) is 2. The molecule has 0 unspecified atom stereocenters. The largest absolute Gasteiger partial charge is 0.534 e. The zero-order valence-corrected chi connectivity index (χ0v) is 20.6. The van der Waals surface area contributed by atoms with Crippen molar-refractivity contribution in [3.63, 3.8) is 0 Å². The summed E-state index contributed by atoms with van der Waals surface area (Å²) in [6.07, 6.45) is 0. The van der Waals surface area contributed by atoms with Crippen LogP contribution in [0.5, 0.6) is 28.7 Å². The minimum Gasteiger partial charge on any atom is -0.505 e. The van der Waals surface area contributed by atoms with Crippen molar-refractivity contribution in [1.82, 2.24) is 0 Å². The summed E-state index contributed by atoms with van der Waals surface area (Å²) in [6, 6.07) is 10.4. The summed E-state index contributed by atoms with van der Waals surface area (Å²) >= 11 is 3.05. The number of phenols is 2. The van der Waals surface area contributed by atoms with Gasteiger partial charge in [-0.25, -0.2) is 13.2 Å². The SMILES string of the molecule is COc1ccc(O)c(F)c1.COc1ccc(OS(=O)(=O)C(F)(F)F)c(F)c1.Oc1ccc(Br)cc1F. The van der Waals surface area contributed by atoms with Crippen LogP contribution in [0.2, 0.25) is 0 Å². The summed E-state index contributed by atoms with van der Waals surface area (Å²) in [6.45, 7) is 0. The first-order valence-electron chi connectivity index (χ1n) is 9.12. The van der Waals surface area contributed by atoms with Gasteiger partial charge in [-0.3, -0.25) is 0 Å². The standard InChI is InChI=1S/C8H6F4O4S.C7H7FO2.C6H4BrFO/c1-15-5-2-3-7(6(9)4-5)16-17(13,14)8(10,11)12;1-10-5-2-3-7(9)6(8)4-5;7-4-1-2-6(9)5(8)3-4/h2-4H,1H3;2-4,9H,1H3;1-3,9H. The molecule has 0 spiro atoms. The van der Waals surface area contributed by atoms with Gasteiger partial charge in [0, 0.05) is 16.6 Å². The van der Waals surface area contributed by atoms with Gasteiger partial charge in [0.2, 0.25) is 0 Å². The van der Waals surface area contributed by atoms with Gasteiger partial charge in [-0.05, 0) is 42.5 Å². The summed E-state index contributed by atoms with van der Waals surface area (Å²) in [7, 11) is -3.23. The van der Waals surface area contributed by atoms with Crippen LogP contribution in [0.1, 0.15) is 0 Å². The van der Waals surface area contributed by atoms with Gasteiger partial charge in [-0.15, -0.1) is 0 Å². The van der Waals surface area contributed by atoms with Crippen molar-refractivity contribution in [2.45, 2.75) is 5.51 Å². The van der Waals surface area contributed by atoms with Crippen LogP contribution in [0.25, 0.3) is 0 Å². The van der Waals surface area contributed by atoms with E-state index in [1.165, 1.54) is 38.5 Å². The van der Waals surface area contributed by atoms with Gasteiger partial charge in [0.25, 0.3) is 0 Å². The molecule has 0 saturated heterocycles. The van der Waals surface area contributed by atoms with E-state index < -0.39 is 38.8 Å². The molecule has 0 fully saturated rings. The molecule has 0 aromatic heterocycles. The average molecular weight is 607 g/mol. The highest BCUT2D eigenvalue weighted by Gasteiger charge is 2.48. The number of hydrogen-bond acceptors (Lipinski definition) is 7. The number of halogens is 7. The minimum atomic E-state index is -5.87. The maximum absolute atomic E-state index is 13.1. The Balaban J connectivity index is 0.000000290. The van der Waals surface area contributed by atoms with Crippen molar-refractivity contribution in [1.29, 1.82) is 0 Å². The van der Waals surface area contributed by atoms with E-state index in [1.54, 1.807) is 6.07 Å². The molecule has 0 heterocycles. The van der Waals surface area contributed by atoms with Crippen LogP contribution in [0.15, 0.2) is 59.1 Å². The molecule has 15 heteroatoms. The predicted molar refractivity (Wildman–Crippen MR) is 119 cm³/mol. The molecule has 7 nitrogen and oxygen atoms in total. The Bertz CT molecular complexity index is 1270. The van der Waals surface area contributed by atoms with Crippen molar-refractivity contribution in [3.8, 4) is 28.7 Å². The van der Waals surface area contributed by atoms with Crippen LogP contribution in [-0.4, -0.2) is 38.4 Å². The molecule has 0 bridgehead atoms. The smallest absolute Gasteiger partial charge is 0.505 e. The maximum Gasteiger partial charge on any atom is 0.534 e. The van der Waals surface area contributed by atoms with E-state index in [-0.39, 0.29) is 17.2 Å². The second-order valence-electron chi connectivity index (χ2n) is 6.19. The number of alkyl halides is 3. The highest BCUT2D eigenvalue weighted by molar-refractivity contribution is 9.10. The predicted octanol–water partition coefficient (Wildman–Crippen LogP) is 5.90. The third-order valence-corrected chi connectivity index (χ3v) is 5.15. The van der Waals surface area contributed by atoms with E-state index in [0.29, 0.717) is 16.3 Å². The Morgan fingerprint density at radius 1 is 0.750 bits per heavy atom. The van der Waals surface area contributed by atoms with Gasteiger partial charge in [0.1, 0.15) is 11.5 Å². The number of rotatable bonds is 4. The van der Waals surface area contributed by atoms with Gasteiger partial charge >= 0.3 is 15.6 Å². The Labute approximate surface area is 209 Å². The van der Waals surface area contributed by atoms with Crippen LogP contribution in [0.3, 0.4) is 0 Å². The lowest BCUT2D eigenvalue weighted by Crippen LogP contribution is -2.28. The lowest BCUT2D eigenvalue weighted by atomic mass is 10.3. The topological polar surface area (TPSA) is 102 Å². The first-order chi connectivity index (χ1) is 16.6. The van der Waals surface area contributed by atoms with Crippen molar-refractivity contribution < 1.29 is 58.6 Å². The second-order valence-corrected chi connectivity index (χ2v) is 8.65. The Kier molecular flexibility index (Phi) is 11.2. The number of benzene rings is 3. The third kappa shape index (κ3) is 9.37. The van der Waals surface area contributed by atoms with E-state index in [1.807, 2.05) is 0 Å². The zero-order chi connectivity index (χ0) is 27.7. The molecule has 36 heavy (non-hydrogen) atoms. The molecule has 3 aromatic rings. The highest BCUT2D eigenvalue weighted by Crippen LogP contribution is 2.30. The molecule has 0 amide bonds. The van der Waals surface area contributed by atoms with E-state index in [9.17, 15) is 34.8 Å². The normalized spacial score (nSPS) is 10.8. The van der Waals surface area contributed by atoms with Crippen LogP contribution in [0.4, 0.5) is 26.3 Å². The summed E-state index contributed by atoms with van der Waals surface area (Å²) in [4.78, 5) is 0. The second kappa shape index (κ2) is 13.1. The summed E-state index contributed by atoms with van der Waals surface area (Å²) in [5, 5.41) is 17.4. The van der Waals surface area contributed by atoms with Crippen molar-refractivity contribution in [3.05, 3.63) is 76.5 Å². The van der Waals surface area contributed by atoms with Gasteiger partial charge in [-0.2, -0.15) is 21.6 Å². The lowest BCUT2D eigenvalue weighted by Gasteiger charge is -2.10. The van der Waals surface area contributed by atoms with Gasteiger partial charge in [-0.1, -0.05) is 15.9 Å². The molecule has 198 valence electrons. The summed E-state index contributed by atoms with van der Waals surface area (Å²) < 4.78 is 108. The van der Waals surface area contributed by atoms with E-state index in [0.717, 1.165) is 18.2 Å². The molecular formula is C21H17BrF6O7S.